The Hall–Kier alpha value is -1.32. The first-order valence-corrected chi connectivity index (χ1v) is 3.88. The van der Waals surface area contributed by atoms with E-state index in [4.69, 9.17) is 4.52 Å². The number of aromatic nitrogens is 1. The van der Waals surface area contributed by atoms with Gasteiger partial charge in [0.15, 0.2) is 0 Å². The second-order valence-electron chi connectivity index (χ2n) is 2.62. The maximum atomic E-state index is 11.1. The number of hydrogen-bond donors (Lipinski definition) is 0. The number of carbonyl (C=O) groups excluding carboxylic acids is 1. The van der Waals surface area contributed by atoms with Crippen molar-refractivity contribution in [3.05, 3.63) is 22.2 Å². The molecule has 1 rings (SSSR count). The van der Waals surface area contributed by atoms with Crippen LogP contribution >= 0.6 is 0 Å². The minimum absolute atomic E-state index is 0.282. The zero-order chi connectivity index (χ0) is 9.14. The van der Waals surface area contributed by atoms with E-state index < -0.39 is 0 Å². The smallest absolute Gasteiger partial charge is 0.290 e. The number of rotatable bonds is 2. The molecule has 4 heteroatoms. The second kappa shape index (κ2) is 3.38. The van der Waals surface area contributed by atoms with Gasteiger partial charge in [-0.25, -0.2) is 0 Å². The quantitative estimate of drug-likeness (QED) is 0.668. The highest BCUT2D eigenvalue weighted by Gasteiger charge is 2.09. The van der Waals surface area contributed by atoms with Crippen molar-refractivity contribution in [2.75, 3.05) is 0 Å². The fraction of sp³-hybridized carbons (Fsp3) is 0.500. The van der Waals surface area contributed by atoms with Gasteiger partial charge >= 0.3 is 0 Å². The van der Waals surface area contributed by atoms with Crippen molar-refractivity contribution in [3.8, 4) is 0 Å². The van der Waals surface area contributed by atoms with Crippen LogP contribution in [-0.2, 0) is 0 Å². The molecule has 0 fully saturated rings. The predicted molar refractivity (Wildman–Crippen MR) is 43.2 cm³/mol. The first-order valence-electron chi connectivity index (χ1n) is 3.88. The average molecular weight is 169 g/mol. The van der Waals surface area contributed by atoms with Crippen LogP contribution in [0.5, 0.6) is 0 Å². The molecule has 0 N–H and O–H groups in total. The summed E-state index contributed by atoms with van der Waals surface area (Å²) in [5.41, 5.74) is -0.383. The van der Waals surface area contributed by atoms with Crippen LogP contribution in [0.15, 0.2) is 15.4 Å². The fourth-order valence-electron chi connectivity index (χ4n) is 0.937. The lowest BCUT2D eigenvalue weighted by Crippen LogP contribution is -2.21. The Balaban J connectivity index is 2.95. The number of nitrogens with zero attached hydrogens (tertiary/aromatic N) is 1. The molecule has 0 bridgehead atoms. The van der Waals surface area contributed by atoms with E-state index in [0.29, 0.717) is 18.6 Å². The Morgan fingerprint density at radius 2 is 2.33 bits per heavy atom. The van der Waals surface area contributed by atoms with Crippen molar-refractivity contribution in [2.45, 2.75) is 26.7 Å². The van der Waals surface area contributed by atoms with E-state index in [2.05, 4.69) is 0 Å². The standard InChI is InChI=1S/C8H11NO3/c1-3-4-7(10)9-8(11)5-6(2)12-9/h5H,3-4H2,1-2H3. The molecular weight excluding hydrogens is 158 g/mol. The van der Waals surface area contributed by atoms with Crippen LogP contribution in [0.3, 0.4) is 0 Å². The summed E-state index contributed by atoms with van der Waals surface area (Å²) in [5.74, 6) is 0.181. The molecule has 0 saturated heterocycles. The summed E-state index contributed by atoms with van der Waals surface area (Å²) in [7, 11) is 0. The highest BCUT2D eigenvalue weighted by Crippen LogP contribution is 1.96. The van der Waals surface area contributed by atoms with Gasteiger partial charge in [-0.05, 0) is 13.3 Å². The lowest BCUT2D eigenvalue weighted by molar-refractivity contribution is 0.0769. The van der Waals surface area contributed by atoms with Gasteiger partial charge in [-0.2, -0.15) is 0 Å². The summed E-state index contributed by atoms with van der Waals surface area (Å²) in [6.07, 6.45) is 1.05. The van der Waals surface area contributed by atoms with Crippen LogP contribution in [-0.4, -0.2) is 10.6 Å². The van der Waals surface area contributed by atoms with Gasteiger partial charge in [0, 0.05) is 12.5 Å². The molecule has 0 aliphatic heterocycles. The summed E-state index contributed by atoms with van der Waals surface area (Å²) < 4.78 is 5.69. The van der Waals surface area contributed by atoms with Gasteiger partial charge in [0.25, 0.3) is 11.5 Å². The normalized spacial score (nSPS) is 10.2. The Labute approximate surface area is 69.8 Å². The van der Waals surface area contributed by atoms with Crippen molar-refractivity contribution >= 4 is 5.91 Å². The Morgan fingerprint density at radius 3 is 2.75 bits per heavy atom. The highest BCUT2D eigenvalue weighted by molar-refractivity contribution is 5.77. The maximum absolute atomic E-state index is 11.1. The van der Waals surface area contributed by atoms with Gasteiger partial charge in [-0.1, -0.05) is 6.92 Å². The number of aryl methyl sites for hydroxylation is 1. The Morgan fingerprint density at radius 1 is 1.67 bits per heavy atom. The van der Waals surface area contributed by atoms with E-state index in [9.17, 15) is 9.59 Å². The van der Waals surface area contributed by atoms with Crippen molar-refractivity contribution in [3.63, 3.8) is 0 Å². The molecule has 0 radical (unpaired) electrons. The summed E-state index contributed by atoms with van der Waals surface area (Å²) in [6, 6.07) is 1.30. The summed E-state index contributed by atoms with van der Waals surface area (Å²) in [4.78, 5) is 22.2. The topological polar surface area (TPSA) is 52.2 Å². The minimum Gasteiger partial charge on any atom is -0.373 e. The fourth-order valence-corrected chi connectivity index (χ4v) is 0.937. The highest BCUT2D eigenvalue weighted by atomic mass is 16.5. The van der Waals surface area contributed by atoms with Gasteiger partial charge in [0.2, 0.25) is 0 Å². The molecule has 0 aliphatic carbocycles. The van der Waals surface area contributed by atoms with E-state index in [0.717, 1.165) is 4.74 Å². The molecule has 0 amide bonds. The molecule has 0 unspecified atom stereocenters. The van der Waals surface area contributed by atoms with E-state index in [-0.39, 0.29) is 11.5 Å². The van der Waals surface area contributed by atoms with E-state index in [1.165, 1.54) is 6.07 Å². The van der Waals surface area contributed by atoms with Crippen LogP contribution in [0.25, 0.3) is 0 Å². The van der Waals surface area contributed by atoms with Gasteiger partial charge in [-0.3, -0.25) is 9.59 Å². The summed E-state index contributed by atoms with van der Waals surface area (Å²) in [6.45, 7) is 3.51. The van der Waals surface area contributed by atoms with E-state index in [1.54, 1.807) is 6.92 Å². The molecule has 66 valence electrons. The molecule has 0 aromatic carbocycles. The largest absolute Gasteiger partial charge is 0.373 e. The number of hydrogen-bond acceptors (Lipinski definition) is 3. The third-order valence-corrected chi connectivity index (χ3v) is 1.45. The van der Waals surface area contributed by atoms with Gasteiger partial charge < -0.3 is 4.52 Å². The van der Waals surface area contributed by atoms with Crippen LogP contribution in [0.4, 0.5) is 0 Å². The van der Waals surface area contributed by atoms with Gasteiger partial charge in [0.1, 0.15) is 5.76 Å². The average Bonchev–Trinajstić information content (AvgIpc) is 2.30. The first-order chi connectivity index (χ1) is 5.65. The zero-order valence-electron chi connectivity index (χ0n) is 7.16. The molecule has 1 heterocycles. The molecule has 0 spiro atoms. The SMILES string of the molecule is CCCC(=O)n1oc(C)cc1=O. The minimum atomic E-state index is -0.383. The monoisotopic (exact) mass is 169 g/mol. The molecule has 12 heavy (non-hydrogen) atoms. The summed E-state index contributed by atoms with van der Waals surface area (Å²) in [5, 5.41) is 0. The first kappa shape index (κ1) is 8.77. The third kappa shape index (κ3) is 1.64. The molecule has 1 aromatic rings. The lowest BCUT2D eigenvalue weighted by atomic mass is 10.3. The van der Waals surface area contributed by atoms with E-state index >= 15 is 0 Å². The van der Waals surface area contributed by atoms with Crippen LogP contribution in [0.2, 0.25) is 0 Å². The molecule has 0 aliphatic rings. The van der Waals surface area contributed by atoms with Crippen LogP contribution < -0.4 is 5.56 Å². The molecule has 1 aromatic heterocycles. The third-order valence-electron chi connectivity index (χ3n) is 1.45. The van der Waals surface area contributed by atoms with Gasteiger partial charge in [-0.15, -0.1) is 4.74 Å². The Kier molecular flexibility index (Phi) is 2.47. The van der Waals surface area contributed by atoms with Crippen LogP contribution in [0, 0.1) is 6.92 Å². The Bertz CT molecular complexity index is 334. The predicted octanol–water partition coefficient (Wildman–Crippen LogP) is 1.19. The van der Waals surface area contributed by atoms with E-state index in [1.807, 2.05) is 6.92 Å². The van der Waals surface area contributed by atoms with Crippen molar-refractivity contribution < 1.29 is 9.32 Å². The molecule has 0 saturated carbocycles. The van der Waals surface area contributed by atoms with Crippen LogP contribution in [0.1, 0.15) is 30.3 Å². The van der Waals surface area contributed by atoms with Crippen molar-refractivity contribution in [1.82, 2.24) is 4.74 Å². The second-order valence-corrected chi connectivity index (χ2v) is 2.62. The molecule has 4 nitrogen and oxygen atoms in total. The van der Waals surface area contributed by atoms with Gasteiger partial charge in [0.05, 0.1) is 0 Å². The zero-order valence-corrected chi connectivity index (χ0v) is 7.16. The maximum Gasteiger partial charge on any atom is 0.290 e. The van der Waals surface area contributed by atoms with Crippen molar-refractivity contribution in [1.29, 1.82) is 0 Å². The number of carbonyl (C=O) groups is 1. The summed E-state index contributed by atoms with van der Waals surface area (Å²) >= 11 is 0. The molecular formula is C8H11NO3. The molecule has 0 atom stereocenters. The van der Waals surface area contributed by atoms with Crippen molar-refractivity contribution in [2.24, 2.45) is 0 Å². The lowest BCUT2D eigenvalue weighted by Gasteiger charge is -1.94.